The number of pyridine rings is 1. The minimum atomic E-state index is -6.26. The predicted octanol–water partition coefficient (Wildman–Crippen LogP) is 3.14. The molecule has 2 atom stereocenters. The molecule has 0 spiro atoms. The normalized spacial score (nSPS) is 20.5. The summed E-state index contributed by atoms with van der Waals surface area (Å²) < 4.78 is 127. The summed E-state index contributed by atoms with van der Waals surface area (Å²) in [6.45, 7) is -1.32. The lowest BCUT2D eigenvalue weighted by Gasteiger charge is -2.32. The van der Waals surface area contributed by atoms with Gasteiger partial charge in [-0.3, -0.25) is 14.5 Å². The summed E-state index contributed by atoms with van der Waals surface area (Å²) in [5.74, 6) is -5.78. The molecule has 5 heterocycles. The van der Waals surface area contributed by atoms with Crippen molar-refractivity contribution >= 4 is 23.1 Å². The van der Waals surface area contributed by atoms with Crippen LogP contribution in [0, 0.1) is 0 Å². The molecule has 3 aromatic rings. The molecule has 2 amide bonds. The third kappa shape index (κ3) is 7.03. The summed E-state index contributed by atoms with van der Waals surface area (Å²) in [4.78, 5) is 36.0. The smallest absolute Gasteiger partial charge is 0.426 e. The number of rotatable bonds is 8. The number of piperidine rings is 1. The monoisotopic (exact) mass is 712 g/mol. The summed E-state index contributed by atoms with van der Waals surface area (Å²) in [6, 6.07) is 1.38. The SMILES string of the molecule is COc1ncc(-c2cc(CN3CCC(F)(F)CC3)c3c(N)ncnn23)cc1C(=O)N[C@@H]1CN(C(=O)CC(O)(C(F)(F)F)C(F)(F)F)C[C@@H]1F. The number of aliphatic hydroxyl groups is 1. The highest BCUT2D eigenvalue weighted by Crippen LogP contribution is 2.45. The number of alkyl halides is 9. The Labute approximate surface area is 271 Å². The standard InChI is InChI=1S/C28H29F9N8O4/c1-49-24-16(23(47)42-18-12-44(11-17(18)29)20(46)8-26(48,27(32,33)34)28(35,36)37)6-14(9-39-24)19-7-15(21-22(38)40-13-41-45(19)21)10-43-4-2-25(30,31)3-5-43/h6-7,9,13,17-18,48H,2-5,8,10-12H2,1H3,(H,42,47)(H2,38,40,41)/t17-,18+/m0/s1. The Morgan fingerprint density at radius 2 is 1.73 bits per heavy atom. The van der Waals surface area contributed by atoms with Gasteiger partial charge < -0.3 is 25.8 Å². The first-order valence-electron chi connectivity index (χ1n) is 14.6. The first-order chi connectivity index (χ1) is 22.7. The largest absolute Gasteiger partial charge is 0.480 e. The van der Waals surface area contributed by atoms with Gasteiger partial charge in [0.1, 0.15) is 23.6 Å². The number of carbonyl (C=O) groups excluding carboxylic acids is 2. The van der Waals surface area contributed by atoms with Crippen LogP contribution in [0.5, 0.6) is 5.88 Å². The van der Waals surface area contributed by atoms with Crippen LogP contribution < -0.4 is 15.8 Å². The predicted molar refractivity (Wildman–Crippen MR) is 151 cm³/mol. The van der Waals surface area contributed by atoms with E-state index >= 15 is 0 Å². The Morgan fingerprint density at radius 3 is 2.35 bits per heavy atom. The van der Waals surface area contributed by atoms with Crippen LogP contribution in [0.3, 0.4) is 0 Å². The van der Waals surface area contributed by atoms with E-state index in [2.05, 4.69) is 20.4 Å². The molecule has 0 saturated carbocycles. The molecule has 0 aromatic carbocycles. The van der Waals surface area contributed by atoms with Crippen molar-refractivity contribution in [2.75, 3.05) is 39.0 Å². The average molecular weight is 713 g/mol. The lowest BCUT2D eigenvalue weighted by atomic mass is 9.97. The van der Waals surface area contributed by atoms with E-state index in [1.54, 1.807) is 6.07 Å². The van der Waals surface area contributed by atoms with Gasteiger partial charge in [-0.15, -0.1) is 0 Å². The molecule has 0 radical (unpaired) electrons. The number of ether oxygens (including phenoxy) is 1. The zero-order valence-electron chi connectivity index (χ0n) is 25.5. The zero-order valence-corrected chi connectivity index (χ0v) is 25.5. The van der Waals surface area contributed by atoms with Crippen LogP contribution in [0.4, 0.5) is 45.3 Å². The number of amides is 2. The van der Waals surface area contributed by atoms with Crippen molar-refractivity contribution in [1.82, 2.24) is 34.7 Å². The van der Waals surface area contributed by atoms with Gasteiger partial charge in [-0.25, -0.2) is 27.7 Å². The van der Waals surface area contributed by atoms with E-state index in [1.807, 2.05) is 4.90 Å². The number of nitrogens with zero attached hydrogens (tertiary/aromatic N) is 6. The maximum absolute atomic E-state index is 14.9. The van der Waals surface area contributed by atoms with Crippen molar-refractivity contribution in [2.45, 2.75) is 61.9 Å². The third-order valence-electron chi connectivity index (χ3n) is 8.49. The number of nitrogens with one attached hydrogen (secondary N) is 1. The Hall–Kier alpha value is -4.40. The molecule has 12 nitrogen and oxygen atoms in total. The molecule has 4 N–H and O–H groups in total. The Balaban J connectivity index is 1.37. The number of hydrogen-bond acceptors (Lipinski definition) is 9. The third-order valence-corrected chi connectivity index (χ3v) is 8.49. The average Bonchev–Trinajstić information content (AvgIpc) is 3.57. The molecule has 0 unspecified atom stereocenters. The number of halogens is 9. The van der Waals surface area contributed by atoms with Crippen LogP contribution in [0.2, 0.25) is 0 Å². The fourth-order valence-corrected chi connectivity index (χ4v) is 5.71. The Bertz CT molecular complexity index is 1710. The van der Waals surface area contributed by atoms with Gasteiger partial charge in [0.2, 0.25) is 11.8 Å². The number of carbonyl (C=O) groups is 2. The minimum absolute atomic E-state index is 0.0799. The van der Waals surface area contributed by atoms with E-state index in [1.165, 1.54) is 30.2 Å². The van der Waals surface area contributed by atoms with E-state index in [0.717, 1.165) is 0 Å². The summed E-state index contributed by atoms with van der Waals surface area (Å²) in [5, 5.41) is 15.9. The fourth-order valence-electron chi connectivity index (χ4n) is 5.71. The highest BCUT2D eigenvalue weighted by atomic mass is 19.4. The van der Waals surface area contributed by atoms with Crippen LogP contribution in [-0.4, -0.2) is 116 Å². The quantitative estimate of drug-likeness (QED) is 0.300. The molecule has 0 bridgehead atoms. The zero-order chi connectivity index (χ0) is 36.1. The molecule has 5 rings (SSSR count). The van der Waals surface area contributed by atoms with Gasteiger partial charge in [0.15, 0.2) is 5.82 Å². The van der Waals surface area contributed by atoms with Gasteiger partial charge >= 0.3 is 12.4 Å². The van der Waals surface area contributed by atoms with Gasteiger partial charge in [-0.1, -0.05) is 0 Å². The lowest BCUT2D eigenvalue weighted by molar-refractivity contribution is -0.367. The van der Waals surface area contributed by atoms with Gasteiger partial charge in [0.05, 0.1) is 31.8 Å². The number of nitrogen functional groups attached to an aromatic ring is 1. The van der Waals surface area contributed by atoms with Crippen LogP contribution in [0.25, 0.3) is 16.8 Å². The molecule has 2 saturated heterocycles. The van der Waals surface area contributed by atoms with Gasteiger partial charge in [0, 0.05) is 50.8 Å². The van der Waals surface area contributed by atoms with Crippen LogP contribution >= 0.6 is 0 Å². The summed E-state index contributed by atoms with van der Waals surface area (Å²) in [6.07, 6.45) is -15.2. The van der Waals surface area contributed by atoms with Crippen molar-refractivity contribution in [2.24, 2.45) is 0 Å². The van der Waals surface area contributed by atoms with Crippen LogP contribution in [0.1, 0.15) is 35.2 Å². The molecular weight excluding hydrogens is 683 g/mol. The minimum Gasteiger partial charge on any atom is -0.480 e. The molecule has 21 heteroatoms. The molecule has 3 aromatic heterocycles. The van der Waals surface area contributed by atoms with E-state index in [-0.39, 0.29) is 55.3 Å². The molecule has 2 fully saturated rings. The number of methoxy groups -OCH3 is 1. The van der Waals surface area contributed by atoms with Crippen molar-refractivity contribution in [1.29, 1.82) is 0 Å². The second kappa shape index (κ2) is 12.8. The molecule has 268 valence electrons. The van der Waals surface area contributed by atoms with Gasteiger partial charge in [0.25, 0.3) is 17.4 Å². The second-order valence-corrected chi connectivity index (χ2v) is 11.8. The van der Waals surface area contributed by atoms with Crippen molar-refractivity contribution in [3.8, 4) is 17.1 Å². The van der Waals surface area contributed by atoms with Crippen LogP contribution in [-0.2, 0) is 11.3 Å². The van der Waals surface area contributed by atoms with E-state index in [4.69, 9.17) is 10.5 Å². The summed E-state index contributed by atoms with van der Waals surface area (Å²) >= 11 is 0. The van der Waals surface area contributed by atoms with Crippen molar-refractivity contribution in [3.63, 3.8) is 0 Å². The van der Waals surface area contributed by atoms with Crippen molar-refractivity contribution < 1.29 is 58.9 Å². The first kappa shape index (κ1) is 35.9. The van der Waals surface area contributed by atoms with E-state index < -0.39 is 67.4 Å². The summed E-state index contributed by atoms with van der Waals surface area (Å²) in [7, 11) is 1.18. The molecule has 0 aliphatic carbocycles. The van der Waals surface area contributed by atoms with Gasteiger partial charge in [-0.2, -0.15) is 31.4 Å². The molecule has 2 aliphatic heterocycles. The summed E-state index contributed by atoms with van der Waals surface area (Å²) in [5.41, 5.74) is 2.05. The Morgan fingerprint density at radius 1 is 1.08 bits per heavy atom. The highest BCUT2D eigenvalue weighted by Gasteiger charge is 2.71. The fraction of sp³-hybridized carbons (Fsp3) is 0.536. The number of hydrogen-bond donors (Lipinski definition) is 3. The van der Waals surface area contributed by atoms with Gasteiger partial charge in [-0.05, 0) is 17.7 Å². The number of nitrogens with two attached hydrogens (primary N) is 1. The number of likely N-dealkylation sites (tertiary alicyclic amines) is 2. The highest BCUT2D eigenvalue weighted by molar-refractivity contribution is 5.98. The van der Waals surface area contributed by atoms with E-state index in [9.17, 15) is 54.2 Å². The van der Waals surface area contributed by atoms with E-state index in [0.29, 0.717) is 21.7 Å². The first-order valence-corrected chi connectivity index (χ1v) is 14.6. The maximum Gasteiger partial charge on any atom is 0.426 e. The van der Waals surface area contributed by atoms with Crippen molar-refractivity contribution in [3.05, 3.63) is 35.8 Å². The molecular formula is C28H29F9N8O4. The lowest BCUT2D eigenvalue weighted by Crippen LogP contribution is -2.59. The molecule has 49 heavy (non-hydrogen) atoms. The number of anilines is 1. The topological polar surface area (TPSA) is 151 Å². The molecule has 2 aliphatic rings. The number of fused-ring (bicyclic) bond motifs is 1. The Kier molecular flexibility index (Phi) is 9.38. The maximum atomic E-state index is 14.9. The number of aromatic nitrogens is 4. The second-order valence-electron chi connectivity index (χ2n) is 11.8. The van der Waals surface area contributed by atoms with Crippen LogP contribution in [0.15, 0.2) is 24.7 Å².